The van der Waals surface area contributed by atoms with Gasteiger partial charge in [-0.3, -0.25) is 4.79 Å². The Morgan fingerprint density at radius 3 is 2.81 bits per heavy atom. The van der Waals surface area contributed by atoms with Crippen LogP contribution < -0.4 is 5.32 Å². The molecule has 0 radical (unpaired) electrons. The van der Waals surface area contributed by atoms with Crippen LogP contribution in [0, 0.1) is 5.82 Å². The van der Waals surface area contributed by atoms with Gasteiger partial charge in [0.25, 0.3) is 0 Å². The molecule has 1 aliphatic heterocycles. The van der Waals surface area contributed by atoms with E-state index in [4.69, 9.17) is 0 Å². The van der Waals surface area contributed by atoms with E-state index in [0.717, 1.165) is 43.1 Å². The first-order valence-corrected chi connectivity index (χ1v) is 8.58. The Morgan fingerprint density at radius 1 is 1.43 bits per heavy atom. The number of carbonyl (C=O) groups excluding carboxylic acids is 1. The van der Waals surface area contributed by atoms with Gasteiger partial charge in [-0.1, -0.05) is 6.92 Å². The minimum atomic E-state index is -0.224. The summed E-state index contributed by atoms with van der Waals surface area (Å²) in [6.45, 7) is 4.86. The fourth-order valence-electron chi connectivity index (χ4n) is 2.59. The number of hydrogen-bond donors (Lipinski definition) is 1. The van der Waals surface area contributed by atoms with Gasteiger partial charge < -0.3 is 10.2 Å². The van der Waals surface area contributed by atoms with E-state index < -0.39 is 0 Å². The van der Waals surface area contributed by atoms with Crippen LogP contribution in [0.1, 0.15) is 26.2 Å². The van der Waals surface area contributed by atoms with Crippen LogP contribution in [0.5, 0.6) is 0 Å². The Bertz CT molecular complexity index is 446. The monoisotopic (exact) mass is 310 g/mol. The third kappa shape index (κ3) is 5.00. The highest BCUT2D eigenvalue weighted by atomic mass is 32.2. The van der Waals surface area contributed by atoms with Gasteiger partial charge in [-0.15, -0.1) is 11.8 Å². The Kier molecular flexibility index (Phi) is 6.51. The van der Waals surface area contributed by atoms with E-state index in [0.29, 0.717) is 12.5 Å². The van der Waals surface area contributed by atoms with Gasteiger partial charge in [0.05, 0.1) is 0 Å². The van der Waals surface area contributed by atoms with Gasteiger partial charge in [0.2, 0.25) is 5.91 Å². The van der Waals surface area contributed by atoms with Gasteiger partial charge in [-0.2, -0.15) is 0 Å². The molecule has 0 bridgehead atoms. The van der Waals surface area contributed by atoms with E-state index in [1.807, 2.05) is 4.90 Å². The zero-order valence-electron chi connectivity index (χ0n) is 12.5. The third-order valence-corrected chi connectivity index (χ3v) is 4.67. The lowest BCUT2D eigenvalue weighted by Crippen LogP contribution is -2.42. The van der Waals surface area contributed by atoms with Crippen molar-refractivity contribution < 1.29 is 9.18 Å². The third-order valence-electron chi connectivity index (χ3n) is 3.66. The molecule has 0 spiro atoms. The second kappa shape index (κ2) is 8.39. The maximum Gasteiger partial charge on any atom is 0.223 e. The molecule has 0 aliphatic carbocycles. The average Bonchev–Trinajstić information content (AvgIpc) is 3.00. The van der Waals surface area contributed by atoms with Crippen LogP contribution in [0.3, 0.4) is 0 Å². The molecule has 1 amide bonds. The SMILES string of the molecule is CCCN(C(=O)CCSc1ccc(F)cc1)C1CCNC1. The van der Waals surface area contributed by atoms with Gasteiger partial charge in [0.1, 0.15) is 5.82 Å². The van der Waals surface area contributed by atoms with Crippen molar-refractivity contribution in [2.75, 3.05) is 25.4 Å². The van der Waals surface area contributed by atoms with E-state index >= 15 is 0 Å². The fourth-order valence-corrected chi connectivity index (χ4v) is 3.43. The van der Waals surface area contributed by atoms with Crippen LogP contribution in [-0.4, -0.2) is 42.2 Å². The maximum atomic E-state index is 12.8. The number of amides is 1. The Labute approximate surface area is 130 Å². The Hall–Kier alpha value is -1.07. The van der Waals surface area contributed by atoms with Gasteiger partial charge >= 0.3 is 0 Å². The lowest BCUT2D eigenvalue weighted by molar-refractivity contribution is -0.132. The minimum absolute atomic E-state index is 0.224. The average molecular weight is 310 g/mol. The van der Waals surface area contributed by atoms with E-state index in [2.05, 4.69) is 12.2 Å². The van der Waals surface area contributed by atoms with Crippen LogP contribution in [0.2, 0.25) is 0 Å². The number of benzene rings is 1. The number of rotatable bonds is 7. The normalized spacial score (nSPS) is 17.9. The van der Waals surface area contributed by atoms with Crippen molar-refractivity contribution in [3.8, 4) is 0 Å². The molecule has 0 aromatic heterocycles. The summed E-state index contributed by atoms with van der Waals surface area (Å²) in [6, 6.07) is 6.79. The first-order valence-electron chi connectivity index (χ1n) is 7.59. The molecule has 116 valence electrons. The summed E-state index contributed by atoms with van der Waals surface area (Å²) < 4.78 is 12.8. The van der Waals surface area contributed by atoms with Crippen LogP contribution in [0.4, 0.5) is 4.39 Å². The molecule has 1 unspecified atom stereocenters. The standard InChI is InChI=1S/C16H23FN2OS/c1-2-10-19(14-7-9-18-12-14)16(20)8-11-21-15-5-3-13(17)4-6-15/h3-6,14,18H,2,7-12H2,1H3. The zero-order chi connectivity index (χ0) is 15.1. The summed E-state index contributed by atoms with van der Waals surface area (Å²) in [7, 11) is 0. The first-order chi connectivity index (χ1) is 10.2. The van der Waals surface area contributed by atoms with Crippen LogP contribution in [0.15, 0.2) is 29.2 Å². The zero-order valence-corrected chi connectivity index (χ0v) is 13.3. The molecule has 1 fully saturated rings. The summed E-state index contributed by atoms with van der Waals surface area (Å²) in [5.74, 6) is 0.753. The summed E-state index contributed by atoms with van der Waals surface area (Å²) in [5.41, 5.74) is 0. The molecule has 1 aromatic rings. The summed E-state index contributed by atoms with van der Waals surface area (Å²) >= 11 is 1.61. The quantitative estimate of drug-likeness (QED) is 0.786. The van der Waals surface area contributed by atoms with Crippen LogP contribution in [-0.2, 0) is 4.79 Å². The molecule has 1 saturated heterocycles. The molecule has 2 rings (SSSR count). The molecule has 1 atom stereocenters. The number of nitrogens with zero attached hydrogens (tertiary/aromatic N) is 1. The minimum Gasteiger partial charge on any atom is -0.338 e. The van der Waals surface area contributed by atoms with Crippen molar-refractivity contribution in [2.24, 2.45) is 0 Å². The molecule has 0 saturated carbocycles. The van der Waals surface area contributed by atoms with E-state index in [1.165, 1.54) is 12.1 Å². The lowest BCUT2D eigenvalue weighted by Gasteiger charge is -2.28. The number of hydrogen-bond acceptors (Lipinski definition) is 3. The highest BCUT2D eigenvalue weighted by molar-refractivity contribution is 7.99. The van der Waals surface area contributed by atoms with Gasteiger partial charge in [-0.25, -0.2) is 4.39 Å². The second-order valence-corrected chi connectivity index (χ2v) is 6.45. The van der Waals surface area contributed by atoms with Crippen molar-refractivity contribution in [2.45, 2.75) is 37.1 Å². The predicted octanol–water partition coefficient (Wildman–Crippen LogP) is 2.91. The van der Waals surface area contributed by atoms with Gasteiger partial charge in [-0.05, 0) is 43.7 Å². The Morgan fingerprint density at radius 2 is 2.19 bits per heavy atom. The van der Waals surface area contributed by atoms with Crippen LogP contribution in [0.25, 0.3) is 0 Å². The van der Waals surface area contributed by atoms with E-state index in [-0.39, 0.29) is 11.7 Å². The number of thioether (sulfide) groups is 1. The molecule has 3 nitrogen and oxygen atoms in total. The summed E-state index contributed by atoms with van der Waals surface area (Å²) in [4.78, 5) is 15.4. The van der Waals surface area contributed by atoms with Crippen molar-refractivity contribution in [3.05, 3.63) is 30.1 Å². The molecule has 5 heteroatoms. The molecule has 1 heterocycles. The van der Waals surface area contributed by atoms with Crippen molar-refractivity contribution in [1.29, 1.82) is 0 Å². The second-order valence-electron chi connectivity index (χ2n) is 5.29. The number of carbonyl (C=O) groups is 1. The topological polar surface area (TPSA) is 32.3 Å². The number of nitrogens with one attached hydrogen (secondary N) is 1. The van der Waals surface area contributed by atoms with Crippen molar-refractivity contribution in [1.82, 2.24) is 10.2 Å². The highest BCUT2D eigenvalue weighted by Crippen LogP contribution is 2.20. The van der Waals surface area contributed by atoms with E-state index in [1.54, 1.807) is 23.9 Å². The van der Waals surface area contributed by atoms with Crippen molar-refractivity contribution in [3.63, 3.8) is 0 Å². The molecule has 21 heavy (non-hydrogen) atoms. The smallest absolute Gasteiger partial charge is 0.223 e. The largest absolute Gasteiger partial charge is 0.338 e. The Balaban J connectivity index is 1.79. The fraction of sp³-hybridized carbons (Fsp3) is 0.562. The molecule has 1 aliphatic rings. The molecule has 1 N–H and O–H groups in total. The van der Waals surface area contributed by atoms with E-state index in [9.17, 15) is 9.18 Å². The first kappa shape index (κ1) is 16.3. The summed E-state index contributed by atoms with van der Waals surface area (Å²) in [6.07, 6.45) is 2.59. The highest BCUT2D eigenvalue weighted by Gasteiger charge is 2.25. The van der Waals surface area contributed by atoms with Gasteiger partial charge in [0.15, 0.2) is 0 Å². The summed E-state index contributed by atoms with van der Waals surface area (Å²) in [5, 5.41) is 3.32. The molecular weight excluding hydrogens is 287 g/mol. The molecule has 1 aromatic carbocycles. The lowest BCUT2D eigenvalue weighted by atomic mass is 10.2. The van der Waals surface area contributed by atoms with Gasteiger partial charge in [0, 0.05) is 36.2 Å². The van der Waals surface area contributed by atoms with Crippen LogP contribution >= 0.6 is 11.8 Å². The number of halogens is 1. The van der Waals surface area contributed by atoms with Crippen molar-refractivity contribution >= 4 is 17.7 Å². The maximum absolute atomic E-state index is 12.8. The predicted molar refractivity (Wildman–Crippen MR) is 85.0 cm³/mol. The molecular formula is C16H23FN2OS.